The van der Waals surface area contributed by atoms with Crippen molar-refractivity contribution >= 4 is 40.5 Å². The van der Waals surface area contributed by atoms with Crippen LogP contribution in [0.2, 0.25) is 5.02 Å². The third-order valence-electron chi connectivity index (χ3n) is 8.09. The first-order valence-electron chi connectivity index (χ1n) is 14.0. The van der Waals surface area contributed by atoms with Crippen molar-refractivity contribution < 1.29 is 19.1 Å². The van der Waals surface area contributed by atoms with E-state index in [9.17, 15) is 14.4 Å². The summed E-state index contributed by atoms with van der Waals surface area (Å²) in [6, 6.07) is 22.6. The van der Waals surface area contributed by atoms with Gasteiger partial charge in [0, 0.05) is 54.1 Å². The molecule has 4 aromatic rings. The molecule has 6 rings (SSSR count). The summed E-state index contributed by atoms with van der Waals surface area (Å²) < 4.78 is 12.3. The van der Waals surface area contributed by atoms with Gasteiger partial charge in [0.2, 0.25) is 0 Å². The number of hydrogen-bond acceptors (Lipinski definition) is 6. The zero-order valence-electron chi connectivity index (χ0n) is 23.8. The first-order valence-corrected chi connectivity index (χ1v) is 14.4. The lowest BCUT2D eigenvalue weighted by Crippen LogP contribution is -2.47. The molecule has 0 radical (unpaired) electrons. The van der Waals surface area contributed by atoms with E-state index in [0.717, 1.165) is 24.3 Å². The largest absolute Gasteiger partial charge is 0.497 e. The Labute approximate surface area is 254 Å². The number of carbonyl (C=O) groups is 2. The number of halogens is 1. The third-order valence-corrected chi connectivity index (χ3v) is 8.38. The van der Waals surface area contributed by atoms with Gasteiger partial charge in [-0.2, -0.15) is 0 Å². The number of amides is 2. The lowest BCUT2D eigenvalue weighted by Gasteiger charge is -2.44. The Hall–Kier alpha value is -4.76. The fraction of sp³-hybridized carbons (Fsp3) is 0.242. The van der Waals surface area contributed by atoms with Gasteiger partial charge in [0.05, 0.1) is 30.6 Å². The summed E-state index contributed by atoms with van der Waals surface area (Å²) in [4.78, 5) is 41.5. The van der Waals surface area contributed by atoms with Gasteiger partial charge in [0.15, 0.2) is 0 Å². The summed E-state index contributed by atoms with van der Waals surface area (Å²) in [7, 11) is 3.09. The Morgan fingerprint density at radius 3 is 2.35 bits per heavy atom. The Kier molecular flexibility index (Phi) is 7.82. The predicted octanol–water partition coefficient (Wildman–Crippen LogP) is 5.65. The average Bonchev–Trinajstić information content (AvgIpc) is 3.01. The van der Waals surface area contributed by atoms with Gasteiger partial charge >= 0.3 is 0 Å². The van der Waals surface area contributed by atoms with Gasteiger partial charge in [0.1, 0.15) is 11.5 Å². The van der Waals surface area contributed by atoms with E-state index in [1.807, 2.05) is 22.8 Å². The Morgan fingerprint density at radius 1 is 0.837 bits per heavy atom. The molecule has 220 valence electrons. The number of anilines is 3. The van der Waals surface area contributed by atoms with Gasteiger partial charge in [-0.3, -0.25) is 14.4 Å². The van der Waals surface area contributed by atoms with E-state index < -0.39 is 0 Å². The zero-order chi connectivity index (χ0) is 30.1. The maximum Gasteiger partial charge on any atom is 0.255 e. The van der Waals surface area contributed by atoms with Gasteiger partial charge < -0.3 is 29.6 Å². The molecule has 2 N–H and O–H groups in total. The fourth-order valence-corrected chi connectivity index (χ4v) is 6.29. The number of hydrogen-bond donors (Lipinski definition) is 2. The summed E-state index contributed by atoms with van der Waals surface area (Å²) in [6.45, 7) is 2.06. The van der Waals surface area contributed by atoms with E-state index in [1.54, 1.807) is 67.8 Å². The van der Waals surface area contributed by atoms with Gasteiger partial charge in [-0.1, -0.05) is 17.7 Å². The number of nitrogens with one attached hydrogen (secondary N) is 2. The van der Waals surface area contributed by atoms with Crippen LogP contribution in [-0.2, 0) is 6.54 Å². The maximum atomic E-state index is 13.4. The Bertz CT molecular complexity index is 1750. The quantitative estimate of drug-likeness (QED) is 0.285. The molecule has 2 amide bonds. The topological polar surface area (TPSA) is 102 Å². The van der Waals surface area contributed by atoms with Crippen LogP contribution in [0.1, 0.15) is 38.7 Å². The number of benzene rings is 3. The number of methoxy groups -OCH3 is 2. The summed E-state index contributed by atoms with van der Waals surface area (Å²) in [5.41, 5.74) is 3.74. The predicted molar refractivity (Wildman–Crippen MR) is 167 cm³/mol. The molecule has 0 spiro atoms. The minimum absolute atomic E-state index is 0.0293. The van der Waals surface area contributed by atoms with E-state index in [1.165, 1.54) is 7.11 Å². The van der Waals surface area contributed by atoms with E-state index in [-0.39, 0.29) is 29.2 Å². The molecule has 3 aromatic carbocycles. The zero-order valence-corrected chi connectivity index (χ0v) is 24.6. The molecule has 2 aliphatic heterocycles. The second-order valence-corrected chi connectivity index (χ2v) is 11.2. The van der Waals surface area contributed by atoms with Crippen LogP contribution in [0.5, 0.6) is 11.5 Å². The van der Waals surface area contributed by atoms with E-state index in [4.69, 9.17) is 21.1 Å². The smallest absolute Gasteiger partial charge is 0.255 e. The van der Waals surface area contributed by atoms with Crippen molar-refractivity contribution in [3.63, 3.8) is 0 Å². The van der Waals surface area contributed by atoms with Crippen molar-refractivity contribution in [2.24, 2.45) is 5.92 Å². The van der Waals surface area contributed by atoms with Crippen molar-refractivity contribution in [2.75, 3.05) is 42.8 Å². The molecule has 9 nitrogen and oxygen atoms in total. The highest BCUT2D eigenvalue weighted by atomic mass is 35.5. The van der Waals surface area contributed by atoms with Gasteiger partial charge in [-0.15, -0.1) is 0 Å². The molecule has 3 heterocycles. The molecule has 1 aromatic heterocycles. The van der Waals surface area contributed by atoms with Crippen LogP contribution in [0.3, 0.4) is 0 Å². The Morgan fingerprint density at radius 2 is 1.60 bits per heavy atom. The molecule has 43 heavy (non-hydrogen) atoms. The highest BCUT2D eigenvalue weighted by Crippen LogP contribution is 2.39. The number of piperidine rings is 1. The molecular formula is C33H31ClN4O5. The highest BCUT2D eigenvalue weighted by molar-refractivity contribution is 6.32. The van der Waals surface area contributed by atoms with Crippen LogP contribution in [0.4, 0.5) is 17.1 Å². The van der Waals surface area contributed by atoms with Crippen LogP contribution in [0, 0.1) is 5.92 Å². The maximum absolute atomic E-state index is 13.4. The van der Waals surface area contributed by atoms with Crippen LogP contribution in [-0.4, -0.2) is 43.7 Å². The second kappa shape index (κ2) is 11.9. The highest BCUT2D eigenvalue weighted by Gasteiger charge is 2.35. The number of nitrogens with zero attached hydrogens (tertiary/aromatic N) is 2. The molecule has 2 unspecified atom stereocenters. The average molecular weight is 599 g/mol. The van der Waals surface area contributed by atoms with Gasteiger partial charge in [-0.25, -0.2) is 0 Å². The lowest BCUT2D eigenvalue weighted by molar-refractivity contribution is 0.101. The minimum atomic E-state index is -0.350. The van der Waals surface area contributed by atoms with Crippen LogP contribution < -0.4 is 30.6 Å². The normalized spacial score (nSPS) is 17.0. The molecule has 2 atom stereocenters. The minimum Gasteiger partial charge on any atom is -0.497 e. The molecule has 10 heteroatoms. The van der Waals surface area contributed by atoms with E-state index in [2.05, 4.69) is 15.5 Å². The van der Waals surface area contributed by atoms with Crippen LogP contribution in [0.25, 0.3) is 0 Å². The van der Waals surface area contributed by atoms with Crippen molar-refractivity contribution in [1.29, 1.82) is 0 Å². The number of rotatable bonds is 7. The van der Waals surface area contributed by atoms with Crippen molar-refractivity contribution in [3.8, 4) is 11.5 Å². The van der Waals surface area contributed by atoms with Crippen LogP contribution >= 0.6 is 11.6 Å². The fourth-order valence-electron chi connectivity index (χ4n) is 6.03. The SMILES string of the molecule is COc1ccc(C(=O)Nc2cc(C(=O)Nc3ccc(OC)c(Cl)c3)ccc2N2CC3CC(C2)c2cccc(=O)n2C3)cc1. The van der Waals surface area contributed by atoms with Crippen molar-refractivity contribution in [3.05, 3.63) is 111 Å². The van der Waals surface area contributed by atoms with Crippen molar-refractivity contribution in [1.82, 2.24) is 4.57 Å². The summed E-state index contributed by atoms with van der Waals surface area (Å²) in [5.74, 6) is 0.947. The van der Waals surface area contributed by atoms with E-state index in [0.29, 0.717) is 52.1 Å². The number of pyridine rings is 1. The number of fused-ring (bicyclic) bond motifs is 4. The first-order chi connectivity index (χ1) is 20.8. The molecule has 0 saturated carbocycles. The summed E-state index contributed by atoms with van der Waals surface area (Å²) >= 11 is 6.25. The monoisotopic (exact) mass is 598 g/mol. The molecule has 1 saturated heterocycles. The molecule has 2 bridgehead atoms. The van der Waals surface area contributed by atoms with Crippen LogP contribution in [0.15, 0.2) is 83.7 Å². The molecule has 1 fully saturated rings. The molecule has 0 aliphatic carbocycles. The third kappa shape index (κ3) is 5.81. The summed E-state index contributed by atoms with van der Waals surface area (Å²) in [5, 5.41) is 6.29. The number of carbonyl (C=O) groups excluding carboxylic acids is 2. The van der Waals surface area contributed by atoms with E-state index >= 15 is 0 Å². The summed E-state index contributed by atoms with van der Waals surface area (Å²) in [6.07, 6.45) is 0.998. The van der Waals surface area contributed by atoms with Crippen molar-refractivity contribution in [2.45, 2.75) is 18.9 Å². The molecule has 2 aliphatic rings. The second-order valence-electron chi connectivity index (χ2n) is 10.8. The standard InChI is InChI=1S/C33H31ClN4O5/c1-42-25-10-6-21(7-11-25)32(40)36-27-15-22(33(41)35-24-9-13-30(43-2)26(34)16-24)8-12-29(27)37-17-20-14-23(19-37)28-4-3-5-31(39)38(28)18-20/h3-13,15-16,20,23H,14,17-19H2,1-2H3,(H,35,41)(H,36,40). The van der Waals surface area contributed by atoms with Gasteiger partial charge in [-0.05, 0) is 79.1 Å². The first kappa shape index (κ1) is 28.4. The lowest BCUT2D eigenvalue weighted by atomic mass is 9.83. The molecular weight excluding hydrogens is 568 g/mol. The Balaban J connectivity index is 1.31. The van der Waals surface area contributed by atoms with Gasteiger partial charge in [0.25, 0.3) is 17.4 Å². The number of ether oxygens (including phenoxy) is 2. The number of aromatic nitrogens is 1.